The molecule has 2 aromatic rings. The Morgan fingerprint density at radius 3 is 2.38 bits per heavy atom. The molecule has 7 heteroatoms. The quantitative estimate of drug-likeness (QED) is 0.418. The second-order valence-electron chi connectivity index (χ2n) is 9.45. The number of esters is 1. The molecule has 174 valence electrons. The SMILES string of the molecule is CC1=C[C@H]2C[C@H]1[C@H]1C(=O)N(c3ccc(C(=O)OCC(=O)Nc4ccc(C)c(C)c4)cc3)C(=O)[C@@H]12. The molecule has 34 heavy (non-hydrogen) atoms. The first kappa shape index (κ1) is 22.1. The van der Waals surface area contributed by atoms with Gasteiger partial charge in [0.25, 0.3) is 5.91 Å². The number of nitrogens with one attached hydrogen (secondary N) is 1. The number of allylic oxidation sites excluding steroid dienone is 2. The summed E-state index contributed by atoms with van der Waals surface area (Å²) in [7, 11) is 0. The van der Waals surface area contributed by atoms with E-state index in [2.05, 4.69) is 11.4 Å². The normalized spacial score (nSPS) is 24.8. The van der Waals surface area contributed by atoms with Crippen molar-refractivity contribution in [3.63, 3.8) is 0 Å². The van der Waals surface area contributed by atoms with Crippen LogP contribution in [0.5, 0.6) is 0 Å². The molecule has 2 aliphatic carbocycles. The average Bonchev–Trinajstić information content (AvgIpc) is 3.45. The molecule has 1 saturated heterocycles. The lowest BCUT2D eigenvalue weighted by atomic mass is 9.82. The van der Waals surface area contributed by atoms with E-state index in [1.54, 1.807) is 18.2 Å². The Bertz CT molecular complexity index is 1250. The number of fused-ring (bicyclic) bond motifs is 5. The minimum Gasteiger partial charge on any atom is -0.452 e. The van der Waals surface area contributed by atoms with E-state index in [-0.39, 0.29) is 41.0 Å². The topological polar surface area (TPSA) is 92.8 Å². The molecule has 1 N–H and O–H groups in total. The van der Waals surface area contributed by atoms with E-state index in [1.807, 2.05) is 32.9 Å². The number of ether oxygens (including phenoxy) is 1. The zero-order valence-corrected chi connectivity index (χ0v) is 19.3. The van der Waals surface area contributed by atoms with Crippen LogP contribution in [0.1, 0.15) is 34.8 Å². The summed E-state index contributed by atoms with van der Waals surface area (Å²) >= 11 is 0. The van der Waals surface area contributed by atoms with E-state index in [1.165, 1.54) is 22.6 Å². The van der Waals surface area contributed by atoms with Crippen LogP contribution in [0.2, 0.25) is 0 Å². The fourth-order valence-electron chi connectivity index (χ4n) is 5.51. The van der Waals surface area contributed by atoms with Crippen LogP contribution in [0.4, 0.5) is 11.4 Å². The Morgan fingerprint density at radius 1 is 0.971 bits per heavy atom. The van der Waals surface area contributed by atoms with Gasteiger partial charge < -0.3 is 10.1 Å². The molecule has 3 aliphatic rings. The average molecular weight is 459 g/mol. The number of imide groups is 1. The highest BCUT2D eigenvalue weighted by molar-refractivity contribution is 6.23. The van der Waals surface area contributed by atoms with Crippen molar-refractivity contribution in [3.8, 4) is 0 Å². The van der Waals surface area contributed by atoms with Gasteiger partial charge in [0.1, 0.15) is 0 Å². The maximum Gasteiger partial charge on any atom is 0.338 e. The van der Waals surface area contributed by atoms with Crippen molar-refractivity contribution in [2.45, 2.75) is 27.2 Å². The molecule has 5 rings (SSSR count). The van der Waals surface area contributed by atoms with Crippen molar-refractivity contribution in [2.75, 3.05) is 16.8 Å². The van der Waals surface area contributed by atoms with Gasteiger partial charge in [-0.3, -0.25) is 19.3 Å². The zero-order valence-electron chi connectivity index (χ0n) is 19.3. The third kappa shape index (κ3) is 3.61. The minimum atomic E-state index is -0.657. The third-order valence-electron chi connectivity index (χ3n) is 7.37. The third-order valence-corrected chi connectivity index (χ3v) is 7.37. The number of rotatable bonds is 5. The number of nitrogens with zero attached hydrogens (tertiary/aromatic N) is 1. The molecule has 1 aliphatic heterocycles. The van der Waals surface area contributed by atoms with Crippen molar-refractivity contribution in [1.29, 1.82) is 0 Å². The van der Waals surface area contributed by atoms with Crippen molar-refractivity contribution < 1.29 is 23.9 Å². The molecule has 0 aromatic heterocycles. The summed E-state index contributed by atoms with van der Waals surface area (Å²) in [4.78, 5) is 51.9. The van der Waals surface area contributed by atoms with Gasteiger partial charge in [-0.25, -0.2) is 4.79 Å². The Balaban J connectivity index is 1.20. The summed E-state index contributed by atoms with van der Waals surface area (Å²) < 4.78 is 5.13. The number of amides is 3. The van der Waals surface area contributed by atoms with Crippen LogP contribution >= 0.6 is 0 Å². The van der Waals surface area contributed by atoms with Crippen molar-refractivity contribution in [3.05, 3.63) is 70.8 Å². The fourth-order valence-corrected chi connectivity index (χ4v) is 5.51. The van der Waals surface area contributed by atoms with Crippen LogP contribution in [-0.4, -0.2) is 30.3 Å². The summed E-state index contributed by atoms with van der Waals surface area (Å²) in [6.45, 7) is 5.54. The van der Waals surface area contributed by atoms with Crippen molar-refractivity contribution in [1.82, 2.24) is 0 Å². The molecule has 4 atom stereocenters. The second-order valence-corrected chi connectivity index (χ2v) is 9.45. The van der Waals surface area contributed by atoms with Gasteiger partial charge in [0.2, 0.25) is 11.8 Å². The minimum absolute atomic E-state index is 0.140. The van der Waals surface area contributed by atoms with Gasteiger partial charge in [-0.15, -0.1) is 0 Å². The van der Waals surface area contributed by atoms with Crippen molar-refractivity contribution >= 4 is 35.1 Å². The Labute approximate surface area is 197 Å². The number of carbonyl (C=O) groups excluding carboxylic acids is 4. The first-order valence-electron chi connectivity index (χ1n) is 11.4. The van der Waals surface area contributed by atoms with Gasteiger partial charge in [0.05, 0.1) is 23.1 Å². The number of benzene rings is 2. The van der Waals surface area contributed by atoms with Crippen LogP contribution in [0, 0.1) is 37.5 Å². The summed E-state index contributed by atoms with van der Waals surface area (Å²) in [5, 5.41) is 2.71. The molecule has 1 saturated carbocycles. The monoisotopic (exact) mass is 458 g/mol. The Kier molecular flexibility index (Phi) is 5.35. The summed E-state index contributed by atoms with van der Waals surface area (Å²) in [5.74, 6) is -1.67. The maximum atomic E-state index is 13.1. The predicted octanol–water partition coefficient (Wildman–Crippen LogP) is 3.80. The highest BCUT2D eigenvalue weighted by atomic mass is 16.5. The largest absolute Gasteiger partial charge is 0.452 e. The van der Waals surface area contributed by atoms with Crippen molar-refractivity contribution in [2.24, 2.45) is 23.7 Å². The lowest BCUT2D eigenvalue weighted by molar-refractivity contribution is -0.123. The van der Waals surface area contributed by atoms with Crippen LogP contribution in [-0.2, 0) is 19.1 Å². The number of hydrogen-bond donors (Lipinski definition) is 1. The van der Waals surface area contributed by atoms with Crippen LogP contribution < -0.4 is 10.2 Å². The number of anilines is 2. The van der Waals surface area contributed by atoms with Gasteiger partial charge in [-0.2, -0.15) is 0 Å². The second kappa shape index (κ2) is 8.24. The number of carbonyl (C=O) groups is 4. The zero-order chi connectivity index (χ0) is 24.1. The van der Waals surface area contributed by atoms with E-state index >= 15 is 0 Å². The lowest BCUT2D eigenvalue weighted by Gasteiger charge is -2.19. The Hall–Kier alpha value is -3.74. The van der Waals surface area contributed by atoms with Gasteiger partial charge in [0, 0.05) is 5.69 Å². The van der Waals surface area contributed by atoms with E-state index < -0.39 is 18.5 Å². The van der Waals surface area contributed by atoms with E-state index in [4.69, 9.17) is 4.74 Å². The van der Waals surface area contributed by atoms with Crippen LogP contribution in [0.25, 0.3) is 0 Å². The predicted molar refractivity (Wildman–Crippen MR) is 126 cm³/mol. The maximum absolute atomic E-state index is 13.1. The summed E-state index contributed by atoms with van der Waals surface area (Å²) in [6, 6.07) is 11.7. The van der Waals surface area contributed by atoms with E-state index in [0.29, 0.717) is 11.4 Å². The molecule has 2 bridgehead atoms. The molecule has 1 heterocycles. The van der Waals surface area contributed by atoms with Gasteiger partial charge in [-0.1, -0.05) is 17.7 Å². The molecular weight excluding hydrogens is 432 g/mol. The standard InChI is InChI=1S/C27H26N2O5/c1-14-4-7-19(11-15(14)2)28-22(30)13-34-27(33)17-5-8-20(9-6-17)29-25(31)23-18-10-16(3)21(12-18)24(23)26(29)32/h4-11,18,21,23-24H,12-13H2,1-3H3,(H,28,30)/t18-,21+,23+,24+/m0/s1. The first-order chi connectivity index (χ1) is 16.2. The first-order valence-corrected chi connectivity index (χ1v) is 11.4. The smallest absolute Gasteiger partial charge is 0.338 e. The van der Waals surface area contributed by atoms with E-state index in [0.717, 1.165) is 17.5 Å². The molecular formula is C27H26N2O5. The van der Waals surface area contributed by atoms with E-state index in [9.17, 15) is 19.2 Å². The molecule has 0 unspecified atom stereocenters. The molecule has 2 fully saturated rings. The van der Waals surface area contributed by atoms with Crippen LogP contribution in [0.3, 0.4) is 0 Å². The number of hydrogen-bond acceptors (Lipinski definition) is 5. The summed E-state index contributed by atoms with van der Waals surface area (Å²) in [5.41, 5.74) is 4.69. The van der Waals surface area contributed by atoms with Crippen LogP contribution in [0.15, 0.2) is 54.1 Å². The molecule has 0 spiro atoms. The fraction of sp³-hybridized carbons (Fsp3) is 0.333. The van der Waals surface area contributed by atoms with Gasteiger partial charge >= 0.3 is 5.97 Å². The highest BCUT2D eigenvalue weighted by Gasteiger charge is 2.60. The van der Waals surface area contributed by atoms with Gasteiger partial charge in [-0.05, 0) is 86.6 Å². The number of aryl methyl sites for hydroxylation is 2. The highest BCUT2D eigenvalue weighted by Crippen LogP contribution is 2.55. The molecule has 0 radical (unpaired) electrons. The Morgan fingerprint density at radius 2 is 1.68 bits per heavy atom. The van der Waals surface area contributed by atoms with Gasteiger partial charge in [0.15, 0.2) is 6.61 Å². The summed E-state index contributed by atoms with van der Waals surface area (Å²) in [6.07, 6.45) is 3.02. The molecule has 7 nitrogen and oxygen atoms in total. The lowest BCUT2D eigenvalue weighted by Crippen LogP contribution is -2.33. The molecule has 3 amide bonds. The molecule has 2 aromatic carbocycles.